The van der Waals surface area contributed by atoms with Crippen molar-refractivity contribution in [3.05, 3.63) is 39.7 Å². The SMILES string of the molecule is CN(C)c1cc(C(=O)O)c(O)c2c1CC1CC3CC(O)=C(C(N)=O)C(C)(O)C3C(=O)C1=C2O. The van der Waals surface area contributed by atoms with Crippen molar-refractivity contribution in [1.29, 1.82) is 0 Å². The molecule has 4 atom stereocenters. The molecule has 10 nitrogen and oxygen atoms in total. The average molecular weight is 458 g/mol. The number of benzene rings is 1. The molecule has 1 aromatic carbocycles. The first-order chi connectivity index (χ1) is 15.3. The van der Waals surface area contributed by atoms with Gasteiger partial charge in [-0.25, -0.2) is 4.79 Å². The zero-order chi connectivity index (χ0) is 24.6. The highest BCUT2D eigenvalue weighted by Crippen LogP contribution is 2.54. The Kier molecular flexibility index (Phi) is 4.97. The Morgan fingerprint density at radius 1 is 1.18 bits per heavy atom. The molecule has 7 N–H and O–H groups in total. The first-order valence-corrected chi connectivity index (χ1v) is 10.5. The smallest absolute Gasteiger partial charge is 0.339 e. The van der Waals surface area contributed by atoms with E-state index in [-0.39, 0.29) is 29.7 Å². The van der Waals surface area contributed by atoms with Crippen molar-refractivity contribution in [2.75, 3.05) is 19.0 Å². The molecule has 1 amide bonds. The van der Waals surface area contributed by atoms with E-state index in [1.165, 1.54) is 13.0 Å². The molecule has 0 radical (unpaired) electrons. The predicted octanol–water partition coefficient (Wildman–Crippen LogP) is 1.26. The molecular formula is C23H26N2O8. The van der Waals surface area contributed by atoms with E-state index in [4.69, 9.17) is 5.73 Å². The normalized spacial score (nSPS) is 28.7. The van der Waals surface area contributed by atoms with Crippen LogP contribution in [-0.4, -0.2) is 62.9 Å². The zero-order valence-electron chi connectivity index (χ0n) is 18.4. The summed E-state index contributed by atoms with van der Waals surface area (Å²) in [7, 11) is 3.40. The third-order valence-corrected chi connectivity index (χ3v) is 7.16. The summed E-state index contributed by atoms with van der Waals surface area (Å²) in [5.41, 5.74) is 3.26. The van der Waals surface area contributed by atoms with Gasteiger partial charge in [-0.1, -0.05) is 0 Å². The van der Waals surface area contributed by atoms with E-state index in [2.05, 4.69) is 0 Å². The summed E-state index contributed by atoms with van der Waals surface area (Å²) in [4.78, 5) is 38.9. The molecule has 0 spiro atoms. The molecular weight excluding hydrogens is 432 g/mol. The average Bonchev–Trinajstić information content (AvgIpc) is 2.65. The highest BCUT2D eigenvalue weighted by atomic mass is 16.4. The third-order valence-electron chi connectivity index (χ3n) is 7.16. The topological polar surface area (TPSA) is 182 Å². The number of allylic oxidation sites excluding steroid dienone is 2. The Labute approximate surface area is 189 Å². The molecule has 10 heteroatoms. The van der Waals surface area contributed by atoms with E-state index in [0.717, 1.165) is 0 Å². The number of aliphatic hydroxyl groups is 3. The number of fused-ring (bicyclic) bond motifs is 3. The number of amides is 1. The van der Waals surface area contributed by atoms with Crippen LogP contribution in [0.25, 0.3) is 5.76 Å². The minimum Gasteiger partial charge on any atom is -0.512 e. The Bertz CT molecular complexity index is 1180. The molecule has 4 rings (SSSR count). The number of nitrogens with two attached hydrogens (primary N) is 1. The van der Waals surface area contributed by atoms with E-state index in [9.17, 15) is 39.9 Å². The molecule has 3 aliphatic rings. The van der Waals surface area contributed by atoms with E-state index < -0.39 is 63.7 Å². The lowest BCUT2D eigenvalue weighted by atomic mass is 9.57. The third kappa shape index (κ3) is 3.08. The number of nitrogens with zero attached hydrogens (tertiary/aromatic N) is 1. The molecule has 0 heterocycles. The Hall–Kier alpha value is -3.53. The number of hydrogen-bond donors (Lipinski definition) is 6. The summed E-state index contributed by atoms with van der Waals surface area (Å²) in [6.45, 7) is 1.23. The predicted molar refractivity (Wildman–Crippen MR) is 117 cm³/mol. The minimum atomic E-state index is -2.06. The first-order valence-electron chi connectivity index (χ1n) is 10.5. The number of carboxylic acid groups (broad SMARTS) is 1. The number of aromatic hydroxyl groups is 1. The molecule has 0 saturated heterocycles. The lowest BCUT2D eigenvalue weighted by Crippen LogP contribution is -2.55. The summed E-state index contributed by atoms with van der Waals surface area (Å²) < 4.78 is 0. The highest BCUT2D eigenvalue weighted by Gasteiger charge is 2.57. The van der Waals surface area contributed by atoms with Crippen LogP contribution in [0.5, 0.6) is 5.75 Å². The van der Waals surface area contributed by atoms with Crippen molar-refractivity contribution in [1.82, 2.24) is 0 Å². The van der Waals surface area contributed by atoms with E-state index in [1.54, 1.807) is 19.0 Å². The number of rotatable bonds is 3. The molecule has 1 aromatic rings. The van der Waals surface area contributed by atoms with Gasteiger partial charge in [-0.15, -0.1) is 0 Å². The van der Waals surface area contributed by atoms with Crippen molar-refractivity contribution in [3.8, 4) is 5.75 Å². The quantitative estimate of drug-likeness (QED) is 0.388. The molecule has 3 aliphatic carbocycles. The van der Waals surface area contributed by atoms with E-state index in [1.807, 2.05) is 0 Å². The monoisotopic (exact) mass is 458 g/mol. The number of anilines is 1. The van der Waals surface area contributed by atoms with Gasteiger partial charge in [0.05, 0.1) is 17.1 Å². The fourth-order valence-electron chi connectivity index (χ4n) is 5.91. The van der Waals surface area contributed by atoms with Crippen LogP contribution < -0.4 is 10.6 Å². The zero-order valence-corrected chi connectivity index (χ0v) is 18.4. The molecule has 0 aliphatic heterocycles. The van der Waals surface area contributed by atoms with Crippen molar-refractivity contribution in [3.63, 3.8) is 0 Å². The molecule has 4 unspecified atom stereocenters. The van der Waals surface area contributed by atoms with Gasteiger partial charge in [-0.3, -0.25) is 9.59 Å². The molecule has 1 fully saturated rings. The largest absolute Gasteiger partial charge is 0.512 e. The van der Waals surface area contributed by atoms with Crippen molar-refractivity contribution in [2.24, 2.45) is 23.5 Å². The van der Waals surface area contributed by atoms with Crippen LogP contribution in [0.3, 0.4) is 0 Å². The first kappa shape index (κ1) is 22.7. The lowest BCUT2D eigenvalue weighted by molar-refractivity contribution is -0.136. The van der Waals surface area contributed by atoms with Gasteiger partial charge in [0.25, 0.3) is 5.91 Å². The van der Waals surface area contributed by atoms with E-state index in [0.29, 0.717) is 17.7 Å². The minimum absolute atomic E-state index is 0.0219. The number of phenols is 1. The van der Waals surface area contributed by atoms with Gasteiger partial charge < -0.3 is 36.2 Å². The standard InChI is InChI=1S/C23H26N2O8/c1-23(33)16-9(6-13(26)17(23)21(24)30)4-8-5-10-12(25(2)3)7-11(22(31)32)18(27)15(10)19(28)14(8)20(16)29/h7-9,16,26-28,33H,4-6H2,1-3H3,(H2,24,30)(H,31,32). The van der Waals surface area contributed by atoms with Gasteiger partial charge in [-0.05, 0) is 43.2 Å². The van der Waals surface area contributed by atoms with Crippen LogP contribution in [0, 0.1) is 17.8 Å². The number of aromatic carboxylic acids is 1. The van der Waals surface area contributed by atoms with E-state index >= 15 is 0 Å². The molecule has 1 saturated carbocycles. The van der Waals surface area contributed by atoms with Crippen LogP contribution in [0.2, 0.25) is 0 Å². The number of carboxylic acids is 1. The molecule has 33 heavy (non-hydrogen) atoms. The van der Waals surface area contributed by atoms with Gasteiger partial charge in [0, 0.05) is 31.8 Å². The van der Waals surface area contributed by atoms with Crippen LogP contribution in [-0.2, 0) is 16.0 Å². The van der Waals surface area contributed by atoms with Gasteiger partial charge >= 0.3 is 5.97 Å². The van der Waals surface area contributed by atoms with Gasteiger partial charge in [0.1, 0.15) is 28.4 Å². The molecule has 0 aromatic heterocycles. The number of carbonyl (C=O) groups excluding carboxylic acids is 2. The maximum Gasteiger partial charge on any atom is 0.339 e. The maximum atomic E-state index is 13.6. The van der Waals surface area contributed by atoms with Crippen molar-refractivity contribution in [2.45, 2.75) is 31.8 Å². The lowest BCUT2D eigenvalue weighted by Gasteiger charge is -2.48. The summed E-state index contributed by atoms with van der Waals surface area (Å²) in [6.07, 6.45) is 0.529. The summed E-state index contributed by atoms with van der Waals surface area (Å²) >= 11 is 0. The second-order valence-electron chi connectivity index (χ2n) is 9.38. The molecule has 176 valence electrons. The fourth-order valence-corrected chi connectivity index (χ4v) is 5.91. The molecule has 0 bridgehead atoms. The fraction of sp³-hybridized carbons (Fsp3) is 0.435. The number of aliphatic hydroxyl groups excluding tert-OH is 2. The van der Waals surface area contributed by atoms with Crippen LogP contribution in [0.4, 0.5) is 5.69 Å². The number of hydrogen-bond acceptors (Lipinski definition) is 8. The van der Waals surface area contributed by atoms with Gasteiger partial charge in [0.15, 0.2) is 5.78 Å². The maximum absolute atomic E-state index is 13.6. The number of primary amides is 1. The summed E-state index contributed by atoms with van der Waals surface area (Å²) in [5, 5.41) is 52.9. The summed E-state index contributed by atoms with van der Waals surface area (Å²) in [5.74, 6) is -6.74. The number of Topliss-reactive ketones (excluding diaryl/α,β-unsaturated/α-hetero) is 1. The Morgan fingerprint density at radius 2 is 1.82 bits per heavy atom. The Balaban J connectivity index is 1.94. The number of carbonyl (C=O) groups is 3. The van der Waals surface area contributed by atoms with Gasteiger partial charge in [0.2, 0.25) is 0 Å². The van der Waals surface area contributed by atoms with Crippen LogP contribution in [0.1, 0.15) is 41.3 Å². The second kappa shape index (κ2) is 7.24. The van der Waals surface area contributed by atoms with Crippen LogP contribution >= 0.6 is 0 Å². The highest BCUT2D eigenvalue weighted by molar-refractivity contribution is 6.09. The summed E-state index contributed by atoms with van der Waals surface area (Å²) in [6, 6.07) is 1.32. The van der Waals surface area contributed by atoms with Crippen molar-refractivity contribution >= 4 is 29.1 Å². The van der Waals surface area contributed by atoms with Gasteiger partial charge in [-0.2, -0.15) is 0 Å². The van der Waals surface area contributed by atoms with Crippen LogP contribution in [0.15, 0.2) is 23.0 Å². The number of ketones is 1. The Morgan fingerprint density at radius 3 is 2.36 bits per heavy atom. The second-order valence-corrected chi connectivity index (χ2v) is 9.38. The van der Waals surface area contributed by atoms with Crippen molar-refractivity contribution < 1.29 is 39.9 Å².